The summed E-state index contributed by atoms with van der Waals surface area (Å²) in [5.74, 6) is -0.784. The molecule has 0 fully saturated rings. The van der Waals surface area contributed by atoms with Crippen molar-refractivity contribution < 1.29 is 9.90 Å². The van der Waals surface area contributed by atoms with Crippen LogP contribution in [0.4, 0.5) is 11.5 Å². The maximum absolute atomic E-state index is 10.9. The topological polar surface area (TPSA) is 62.2 Å². The Morgan fingerprint density at radius 1 is 1.22 bits per heavy atom. The second kappa shape index (κ2) is 5.25. The summed E-state index contributed by atoms with van der Waals surface area (Å²) in [6.45, 7) is 0. The first-order chi connectivity index (χ1) is 8.56. The number of hydrogen-bond acceptors (Lipinski definition) is 3. The van der Waals surface area contributed by atoms with Gasteiger partial charge >= 0.3 is 5.97 Å². The van der Waals surface area contributed by atoms with Gasteiger partial charge in [0.15, 0.2) is 5.69 Å². The largest absolute Gasteiger partial charge is 0.476 e. The predicted octanol–water partition coefficient (Wildman–Crippen LogP) is 3.83. The van der Waals surface area contributed by atoms with E-state index in [0.29, 0.717) is 16.5 Å². The molecule has 0 unspecified atom stereocenters. The van der Waals surface area contributed by atoms with Gasteiger partial charge in [0, 0.05) is 10.7 Å². The number of aromatic carboxylic acids is 1. The molecule has 1 heterocycles. The number of nitrogens with one attached hydrogen (secondary N) is 1. The van der Waals surface area contributed by atoms with Crippen molar-refractivity contribution in [2.75, 3.05) is 5.32 Å². The number of benzene rings is 1. The molecular weight excluding hydrogens is 275 g/mol. The van der Waals surface area contributed by atoms with Crippen molar-refractivity contribution in [2.24, 2.45) is 0 Å². The van der Waals surface area contributed by atoms with Gasteiger partial charge in [-0.3, -0.25) is 0 Å². The number of carboxylic acids is 1. The van der Waals surface area contributed by atoms with Crippen LogP contribution >= 0.6 is 23.2 Å². The summed E-state index contributed by atoms with van der Waals surface area (Å²) >= 11 is 11.6. The van der Waals surface area contributed by atoms with Gasteiger partial charge in [0.25, 0.3) is 0 Å². The fourth-order valence-electron chi connectivity index (χ4n) is 1.38. The first-order valence-corrected chi connectivity index (χ1v) is 5.74. The molecule has 0 aliphatic heterocycles. The number of hydrogen-bond donors (Lipinski definition) is 2. The zero-order valence-corrected chi connectivity index (χ0v) is 10.5. The average molecular weight is 283 g/mol. The Hall–Kier alpha value is -1.78. The number of halogens is 2. The molecule has 0 spiro atoms. The Morgan fingerprint density at radius 2 is 2.00 bits per heavy atom. The highest BCUT2D eigenvalue weighted by atomic mass is 35.5. The van der Waals surface area contributed by atoms with E-state index in [-0.39, 0.29) is 10.7 Å². The average Bonchev–Trinajstić information content (AvgIpc) is 2.31. The molecule has 0 aliphatic rings. The maximum atomic E-state index is 10.9. The van der Waals surface area contributed by atoms with Crippen molar-refractivity contribution in [3.8, 4) is 0 Å². The van der Waals surface area contributed by atoms with Gasteiger partial charge in [0.1, 0.15) is 5.82 Å². The highest BCUT2D eigenvalue weighted by Crippen LogP contribution is 2.21. The van der Waals surface area contributed by atoms with Gasteiger partial charge in [0.05, 0.1) is 5.02 Å². The van der Waals surface area contributed by atoms with Crippen LogP contribution in [0.1, 0.15) is 10.5 Å². The summed E-state index contributed by atoms with van der Waals surface area (Å²) in [4.78, 5) is 14.8. The van der Waals surface area contributed by atoms with Gasteiger partial charge in [-0.15, -0.1) is 0 Å². The Labute approximate surface area is 113 Å². The molecular formula is C12H8Cl2N2O2. The SMILES string of the molecule is O=C(O)c1nc(Nc2cccc(Cl)c2)ccc1Cl. The Kier molecular flexibility index (Phi) is 3.69. The lowest BCUT2D eigenvalue weighted by Crippen LogP contribution is -2.04. The van der Waals surface area contributed by atoms with Crippen LogP contribution in [-0.4, -0.2) is 16.1 Å². The number of carboxylic acid groups (broad SMARTS) is 1. The molecule has 2 rings (SSSR count). The van der Waals surface area contributed by atoms with E-state index in [2.05, 4.69) is 10.3 Å². The summed E-state index contributed by atoms with van der Waals surface area (Å²) in [5.41, 5.74) is 0.525. The summed E-state index contributed by atoms with van der Waals surface area (Å²) in [6.07, 6.45) is 0. The summed E-state index contributed by atoms with van der Waals surface area (Å²) in [7, 11) is 0. The van der Waals surface area contributed by atoms with Crippen LogP contribution in [0, 0.1) is 0 Å². The van der Waals surface area contributed by atoms with Gasteiger partial charge in [0.2, 0.25) is 0 Å². The van der Waals surface area contributed by atoms with E-state index in [0.717, 1.165) is 0 Å². The van der Waals surface area contributed by atoms with Crippen molar-refractivity contribution in [1.82, 2.24) is 4.98 Å². The highest BCUT2D eigenvalue weighted by Gasteiger charge is 2.11. The van der Waals surface area contributed by atoms with E-state index in [1.54, 1.807) is 30.3 Å². The molecule has 0 atom stereocenters. The normalized spacial score (nSPS) is 10.1. The molecule has 1 aromatic carbocycles. The summed E-state index contributed by atoms with van der Waals surface area (Å²) < 4.78 is 0. The number of anilines is 2. The van der Waals surface area contributed by atoms with E-state index >= 15 is 0 Å². The second-order valence-corrected chi connectivity index (χ2v) is 4.31. The van der Waals surface area contributed by atoms with Crippen LogP contribution in [-0.2, 0) is 0 Å². The number of rotatable bonds is 3. The molecule has 2 N–H and O–H groups in total. The third kappa shape index (κ3) is 2.91. The van der Waals surface area contributed by atoms with Crippen molar-refractivity contribution in [1.29, 1.82) is 0 Å². The minimum absolute atomic E-state index is 0.0964. The van der Waals surface area contributed by atoms with E-state index in [9.17, 15) is 4.79 Å². The Balaban J connectivity index is 2.30. The van der Waals surface area contributed by atoms with Crippen LogP contribution in [0.2, 0.25) is 10.0 Å². The standard InChI is InChI=1S/C12H8Cl2N2O2/c13-7-2-1-3-8(6-7)15-10-5-4-9(14)11(16-10)12(17)18/h1-6H,(H,15,16)(H,17,18). The van der Waals surface area contributed by atoms with Gasteiger partial charge in [-0.05, 0) is 30.3 Å². The first-order valence-electron chi connectivity index (χ1n) is 4.98. The van der Waals surface area contributed by atoms with E-state index in [4.69, 9.17) is 28.3 Å². The molecule has 4 nitrogen and oxygen atoms in total. The molecule has 2 aromatic rings. The molecule has 1 aromatic heterocycles. The Morgan fingerprint density at radius 3 is 2.67 bits per heavy atom. The fourth-order valence-corrected chi connectivity index (χ4v) is 1.75. The van der Waals surface area contributed by atoms with Crippen molar-refractivity contribution in [3.05, 3.63) is 52.1 Å². The molecule has 0 aliphatic carbocycles. The van der Waals surface area contributed by atoms with E-state index in [1.807, 2.05) is 0 Å². The lowest BCUT2D eigenvalue weighted by molar-refractivity contribution is 0.0691. The number of carbonyl (C=O) groups is 1. The molecule has 0 radical (unpaired) electrons. The molecule has 0 saturated heterocycles. The van der Waals surface area contributed by atoms with Crippen LogP contribution in [0.15, 0.2) is 36.4 Å². The molecule has 92 valence electrons. The van der Waals surface area contributed by atoms with Crippen LogP contribution < -0.4 is 5.32 Å². The van der Waals surface area contributed by atoms with Crippen molar-refractivity contribution >= 4 is 40.7 Å². The smallest absolute Gasteiger partial charge is 0.356 e. The molecule has 0 amide bonds. The quantitative estimate of drug-likeness (QED) is 0.898. The van der Waals surface area contributed by atoms with Crippen LogP contribution in [0.5, 0.6) is 0 Å². The molecule has 18 heavy (non-hydrogen) atoms. The Bertz CT molecular complexity index is 602. The molecule has 0 bridgehead atoms. The van der Waals surface area contributed by atoms with E-state index in [1.165, 1.54) is 6.07 Å². The minimum atomic E-state index is -1.17. The number of pyridine rings is 1. The van der Waals surface area contributed by atoms with E-state index < -0.39 is 5.97 Å². The number of aromatic nitrogens is 1. The zero-order chi connectivity index (χ0) is 13.1. The van der Waals surface area contributed by atoms with Gasteiger partial charge in [-0.2, -0.15) is 0 Å². The summed E-state index contributed by atoms with van der Waals surface area (Å²) in [6, 6.07) is 10.1. The summed E-state index contributed by atoms with van der Waals surface area (Å²) in [5, 5.41) is 12.5. The van der Waals surface area contributed by atoms with Gasteiger partial charge < -0.3 is 10.4 Å². The third-order valence-electron chi connectivity index (χ3n) is 2.15. The highest BCUT2D eigenvalue weighted by molar-refractivity contribution is 6.33. The van der Waals surface area contributed by atoms with Gasteiger partial charge in [-0.1, -0.05) is 29.3 Å². The first kappa shape index (κ1) is 12.7. The minimum Gasteiger partial charge on any atom is -0.476 e. The third-order valence-corrected chi connectivity index (χ3v) is 2.69. The maximum Gasteiger partial charge on any atom is 0.356 e. The lowest BCUT2D eigenvalue weighted by atomic mass is 10.3. The van der Waals surface area contributed by atoms with Gasteiger partial charge in [-0.25, -0.2) is 9.78 Å². The lowest BCUT2D eigenvalue weighted by Gasteiger charge is -2.07. The fraction of sp³-hybridized carbons (Fsp3) is 0. The number of nitrogens with zero attached hydrogens (tertiary/aromatic N) is 1. The van der Waals surface area contributed by atoms with Crippen molar-refractivity contribution in [2.45, 2.75) is 0 Å². The predicted molar refractivity (Wildman–Crippen MR) is 70.9 cm³/mol. The zero-order valence-electron chi connectivity index (χ0n) is 9.02. The molecule has 6 heteroatoms. The van der Waals surface area contributed by atoms with Crippen LogP contribution in [0.3, 0.4) is 0 Å². The van der Waals surface area contributed by atoms with Crippen LogP contribution in [0.25, 0.3) is 0 Å². The monoisotopic (exact) mass is 282 g/mol. The molecule has 0 saturated carbocycles. The van der Waals surface area contributed by atoms with Crippen molar-refractivity contribution in [3.63, 3.8) is 0 Å². The second-order valence-electron chi connectivity index (χ2n) is 3.47.